The second-order valence-electron chi connectivity index (χ2n) is 9.44. The zero-order chi connectivity index (χ0) is 29.6. The zero-order valence-corrected chi connectivity index (χ0v) is 21.8. The number of carbonyl (C=O) groups excluding carboxylic acids is 4. The highest BCUT2D eigenvalue weighted by atomic mass is 19.4. The van der Waals surface area contributed by atoms with Crippen molar-refractivity contribution in [2.45, 2.75) is 37.9 Å². The predicted molar refractivity (Wildman–Crippen MR) is 141 cm³/mol. The largest absolute Gasteiger partial charge is 0.491 e. The van der Waals surface area contributed by atoms with E-state index < -0.39 is 36.5 Å². The first-order valence-corrected chi connectivity index (χ1v) is 12.8. The summed E-state index contributed by atoms with van der Waals surface area (Å²) < 4.78 is 47.0. The molecule has 1 saturated heterocycles. The number of nitrogens with zero attached hydrogens (tertiary/aromatic N) is 2. The topological polar surface area (TPSA) is 141 Å². The minimum Gasteiger partial charge on any atom is -0.491 e. The van der Waals surface area contributed by atoms with E-state index in [0.29, 0.717) is 29.8 Å². The molecule has 13 heteroatoms. The van der Waals surface area contributed by atoms with Gasteiger partial charge in [0, 0.05) is 42.2 Å². The summed E-state index contributed by atoms with van der Waals surface area (Å²) >= 11 is 0. The van der Waals surface area contributed by atoms with Crippen LogP contribution in [0.3, 0.4) is 0 Å². The van der Waals surface area contributed by atoms with Gasteiger partial charge >= 0.3 is 18.1 Å². The van der Waals surface area contributed by atoms with Crippen LogP contribution in [0.2, 0.25) is 0 Å². The summed E-state index contributed by atoms with van der Waals surface area (Å²) in [4.78, 5) is 54.2. The number of nitrogens with one attached hydrogen (secondary N) is 1. The fourth-order valence-corrected chi connectivity index (χ4v) is 4.29. The zero-order valence-electron chi connectivity index (χ0n) is 21.8. The highest BCUT2D eigenvalue weighted by Crippen LogP contribution is 2.24. The first-order chi connectivity index (χ1) is 19.5. The lowest BCUT2D eigenvalue weighted by Crippen LogP contribution is -2.40. The Morgan fingerprint density at radius 2 is 1.68 bits per heavy atom. The number of amides is 2. The lowest BCUT2D eigenvalue weighted by atomic mass is 10.1. The van der Waals surface area contributed by atoms with E-state index in [9.17, 15) is 32.3 Å². The number of pyridine rings is 1. The third-order valence-electron chi connectivity index (χ3n) is 6.48. The van der Waals surface area contributed by atoms with Crippen molar-refractivity contribution < 1.29 is 41.8 Å². The van der Waals surface area contributed by atoms with Gasteiger partial charge in [-0.25, -0.2) is 9.78 Å². The normalized spacial score (nSPS) is 14.0. The lowest BCUT2D eigenvalue weighted by molar-refractivity contribution is -0.201. The maximum atomic E-state index is 13.0. The number of alkyl halides is 3. The average Bonchev–Trinajstić information content (AvgIpc) is 3.49. The third kappa shape index (κ3) is 7.71. The van der Waals surface area contributed by atoms with Crippen molar-refractivity contribution in [2.24, 2.45) is 0 Å². The fourth-order valence-electron chi connectivity index (χ4n) is 4.29. The molecule has 1 fully saturated rings. The van der Waals surface area contributed by atoms with Crippen LogP contribution < -0.4 is 15.8 Å². The Hall–Kier alpha value is -4.68. The molecule has 216 valence electrons. The van der Waals surface area contributed by atoms with Crippen molar-refractivity contribution in [1.82, 2.24) is 15.2 Å². The molecular weight excluding hydrogens is 545 g/mol. The second kappa shape index (κ2) is 12.7. The van der Waals surface area contributed by atoms with Crippen LogP contribution in [0.25, 0.3) is 10.8 Å². The minimum atomic E-state index is -5.32. The summed E-state index contributed by atoms with van der Waals surface area (Å²) in [7, 11) is 0. The summed E-state index contributed by atoms with van der Waals surface area (Å²) in [5.41, 5.74) is 6.57. The fraction of sp³-hybridized carbons (Fsp3) is 0.321. The van der Waals surface area contributed by atoms with E-state index in [-0.39, 0.29) is 30.3 Å². The number of anilines is 1. The maximum Gasteiger partial charge on any atom is 0.491 e. The molecule has 0 saturated carbocycles. The molecule has 10 nitrogen and oxygen atoms in total. The van der Waals surface area contributed by atoms with Crippen LogP contribution in [0.4, 0.5) is 19.0 Å². The van der Waals surface area contributed by atoms with E-state index in [1.54, 1.807) is 35.4 Å². The van der Waals surface area contributed by atoms with Gasteiger partial charge in [-0.15, -0.1) is 0 Å². The Bertz CT molecular complexity index is 1440. The first-order valence-electron chi connectivity index (χ1n) is 12.8. The van der Waals surface area contributed by atoms with Gasteiger partial charge in [-0.05, 0) is 67.1 Å². The molecule has 0 radical (unpaired) electrons. The number of benzene rings is 2. The van der Waals surface area contributed by atoms with E-state index in [4.69, 9.17) is 10.5 Å². The maximum absolute atomic E-state index is 13.0. The number of hydrogen-bond acceptors (Lipinski definition) is 8. The van der Waals surface area contributed by atoms with Gasteiger partial charge in [0.05, 0.1) is 6.04 Å². The molecule has 0 aliphatic carbocycles. The van der Waals surface area contributed by atoms with E-state index in [2.05, 4.69) is 15.0 Å². The Morgan fingerprint density at radius 3 is 2.37 bits per heavy atom. The van der Waals surface area contributed by atoms with E-state index in [1.807, 2.05) is 0 Å². The molecule has 41 heavy (non-hydrogen) atoms. The van der Waals surface area contributed by atoms with Crippen molar-refractivity contribution >= 4 is 40.3 Å². The van der Waals surface area contributed by atoms with Crippen LogP contribution in [0, 0.1) is 0 Å². The molecule has 1 atom stereocenters. The van der Waals surface area contributed by atoms with E-state index >= 15 is 0 Å². The number of likely N-dealkylation sites (tertiary alicyclic amines) is 1. The molecule has 2 amide bonds. The van der Waals surface area contributed by atoms with Crippen LogP contribution in [-0.2, 0) is 14.3 Å². The number of fused-ring (bicyclic) bond motifs is 1. The number of ether oxygens (including phenoxy) is 2. The van der Waals surface area contributed by atoms with Crippen molar-refractivity contribution in [3.05, 3.63) is 65.9 Å². The van der Waals surface area contributed by atoms with Gasteiger partial charge in [0.25, 0.3) is 11.8 Å². The van der Waals surface area contributed by atoms with Crippen LogP contribution in [0.15, 0.2) is 54.7 Å². The molecule has 1 aliphatic rings. The molecule has 3 aromatic rings. The lowest BCUT2D eigenvalue weighted by Gasteiger charge is -2.20. The Kier molecular flexibility index (Phi) is 9.05. The number of halogens is 3. The number of rotatable bonds is 9. The molecule has 1 unspecified atom stereocenters. The molecule has 2 heterocycles. The van der Waals surface area contributed by atoms with Gasteiger partial charge in [-0.3, -0.25) is 14.4 Å². The van der Waals surface area contributed by atoms with Crippen molar-refractivity contribution in [3.63, 3.8) is 0 Å². The molecule has 3 N–H and O–H groups in total. The molecule has 1 aromatic heterocycles. The summed E-state index contributed by atoms with van der Waals surface area (Å²) in [5, 5.41) is 4.13. The van der Waals surface area contributed by atoms with Gasteiger partial charge in [0.15, 0.2) is 0 Å². The summed E-state index contributed by atoms with van der Waals surface area (Å²) in [6.07, 6.45) is -2.68. The summed E-state index contributed by atoms with van der Waals surface area (Å²) in [6.45, 7) is 1.18. The van der Waals surface area contributed by atoms with Gasteiger partial charge in [0.1, 0.15) is 18.2 Å². The third-order valence-corrected chi connectivity index (χ3v) is 6.48. The minimum absolute atomic E-state index is 0.126. The quantitative estimate of drug-likeness (QED) is 0.293. The number of aromatic nitrogens is 1. The summed E-state index contributed by atoms with van der Waals surface area (Å²) in [6, 6.07) is 12.0. The number of carbonyl (C=O) groups is 4. The molecule has 0 bridgehead atoms. The van der Waals surface area contributed by atoms with Crippen molar-refractivity contribution in [1.29, 1.82) is 0 Å². The van der Waals surface area contributed by atoms with E-state index in [0.717, 1.165) is 18.2 Å². The van der Waals surface area contributed by atoms with Crippen LogP contribution in [0.5, 0.6) is 5.75 Å². The SMILES string of the molecule is Nc1nccc2ccc(OCC(CCC(=O)OC(=O)C(F)(F)F)NC(=O)c3ccc(C(=O)N4CCCC4)cc3)cc12. The number of nitrogen functional groups attached to an aromatic ring is 1. The highest BCUT2D eigenvalue weighted by molar-refractivity contribution is 5.98. The second-order valence-corrected chi connectivity index (χ2v) is 9.44. The standard InChI is InChI=1S/C28H27F3N4O6/c29-28(30,31)27(39)41-23(36)10-8-20(16-40-21-9-7-17-11-12-33-24(32)22(17)15-21)34-25(37)18-3-5-19(6-4-18)26(38)35-13-1-2-14-35/h3-7,9,11-12,15,20H,1-2,8,10,13-14,16H2,(H2,32,33)(H,34,37). The monoisotopic (exact) mass is 572 g/mol. The molecular formula is C28H27F3N4O6. The van der Waals surface area contributed by atoms with Gasteiger partial charge in [0.2, 0.25) is 0 Å². The molecule has 4 rings (SSSR count). The Balaban J connectivity index is 1.43. The molecule has 2 aromatic carbocycles. The van der Waals surface area contributed by atoms with E-state index in [1.165, 1.54) is 24.3 Å². The number of nitrogens with two attached hydrogens (primary N) is 1. The van der Waals surface area contributed by atoms with Crippen LogP contribution in [0.1, 0.15) is 46.4 Å². The predicted octanol–water partition coefficient (Wildman–Crippen LogP) is 3.64. The highest BCUT2D eigenvalue weighted by Gasteiger charge is 2.42. The van der Waals surface area contributed by atoms with Crippen LogP contribution >= 0.6 is 0 Å². The average molecular weight is 573 g/mol. The van der Waals surface area contributed by atoms with Gasteiger partial charge in [-0.1, -0.05) is 6.07 Å². The summed E-state index contributed by atoms with van der Waals surface area (Å²) in [5.74, 6) is -4.06. The Morgan fingerprint density at radius 1 is 1.00 bits per heavy atom. The number of esters is 2. The molecule has 1 aliphatic heterocycles. The first kappa shape index (κ1) is 29.3. The van der Waals surface area contributed by atoms with Crippen molar-refractivity contribution in [3.8, 4) is 5.75 Å². The van der Waals surface area contributed by atoms with Crippen molar-refractivity contribution in [2.75, 3.05) is 25.4 Å². The molecule has 0 spiro atoms. The van der Waals surface area contributed by atoms with Crippen LogP contribution in [-0.4, -0.2) is 65.6 Å². The number of hydrogen-bond donors (Lipinski definition) is 2. The van der Waals surface area contributed by atoms with Gasteiger partial charge in [-0.2, -0.15) is 13.2 Å². The smallest absolute Gasteiger partial charge is 0.491 e. The van der Waals surface area contributed by atoms with Gasteiger partial charge < -0.3 is 25.4 Å². The Labute approximate surface area is 232 Å².